The van der Waals surface area contributed by atoms with Gasteiger partial charge in [-0.15, -0.1) is 0 Å². The van der Waals surface area contributed by atoms with Crippen LogP contribution in [-0.2, 0) is 19.3 Å². The number of hydrogen-bond donors (Lipinski definition) is 1. The monoisotopic (exact) mass is 296 g/mol. The summed E-state index contributed by atoms with van der Waals surface area (Å²) >= 11 is 0. The molecule has 1 aliphatic rings. The van der Waals surface area contributed by atoms with E-state index in [2.05, 4.69) is 15.4 Å². The topological polar surface area (TPSA) is 42.7 Å². The molecule has 0 bridgehead atoms. The molecule has 4 nitrogen and oxygen atoms in total. The Morgan fingerprint density at radius 1 is 1.24 bits per heavy atom. The normalized spacial score (nSPS) is 15.4. The van der Waals surface area contributed by atoms with E-state index in [1.807, 2.05) is 12.1 Å². The predicted octanol–water partition coefficient (Wildman–Crippen LogP) is 2.60. The number of nitrogens with one attached hydrogen (secondary N) is 1. The third kappa shape index (κ3) is 3.81. The Kier molecular flexibility index (Phi) is 3.67. The van der Waals surface area contributed by atoms with Crippen LogP contribution in [0.2, 0.25) is 0 Å². The Morgan fingerprint density at radius 3 is 2.62 bits per heavy atom. The van der Waals surface area contributed by atoms with Gasteiger partial charge in [0.05, 0.1) is 24.0 Å². The van der Waals surface area contributed by atoms with Crippen LogP contribution in [0.5, 0.6) is 0 Å². The fourth-order valence-electron chi connectivity index (χ4n) is 1.97. The summed E-state index contributed by atoms with van der Waals surface area (Å²) in [5, 5.41) is 7.09. The Hall–Kier alpha value is -1.89. The van der Waals surface area contributed by atoms with Crippen molar-refractivity contribution in [1.82, 2.24) is 20.1 Å². The lowest BCUT2D eigenvalue weighted by Gasteiger charge is -2.05. The number of alkyl halides is 3. The molecular weight excluding hydrogens is 281 g/mol. The van der Waals surface area contributed by atoms with E-state index in [9.17, 15) is 13.2 Å². The van der Waals surface area contributed by atoms with Gasteiger partial charge in [-0.2, -0.15) is 18.3 Å². The van der Waals surface area contributed by atoms with E-state index in [0.29, 0.717) is 11.7 Å². The van der Waals surface area contributed by atoms with Gasteiger partial charge in [-0.25, -0.2) is 0 Å². The highest BCUT2D eigenvalue weighted by molar-refractivity contribution is 5.15. The van der Waals surface area contributed by atoms with Crippen molar-refractivity contribution in [2.45, 2.75) is 38.1 Å². The van der Waals surface area contributed by atoms with E-state index < -0.39 is 11.7 Å². The van der Waals surface area contributed by atoms with Crippen molar-refractivity contribution in [1.29, 1.82) is 0 Å². The average Bonchev–Trinajstić information content (AvgIpc) is 3.14. The second kappa shape index (κ2) is 5.48. The van der Waals surface area contributed by atoms with E-state index in [1.165, 1.54) is 17.5 Å². The van der Waals surface area contributed by atoms with E-state index in [1.54, 1.807) is 6.20 Å². The van der Waals surface area contributed by atoms with Gasteiger partial charge in [0, 0.05) is 25.0 Å². The summed E-state index contributed by atoms with van der Waals surface area (Å²) in [4.78, 5) is 4.26. The third-order valence-corrected chi connectivity index (χ3v) is 3.34. The van der Waals surface area contributed by atoms with Crippen molar-refractivity contribution in [3.05, 3.63) is 47.5 Å². The summed E-state index contributed by atoms with van der Waals surface area (Å²) in [5.41, 5.74) is 1.01. The second-order valence-electron chi connectivity index (χ2n) is 5.24. The molecule has 21 heavy (non-hydrogen) atoms. The van der Waals surface area contributed by atoms with Gasteiger partial charge in [-0.1, -0.05) is 6.07 Å². The first-order chi connectivity index (χ1) is 10.0. The van der Waals surface area contributed by atoms with Gasteiger partial charge in [0.2, 0.25) is 0 Å². The molecule has 1 aliphatic carbocycles. The largest absolute Gasteiger partial charge is 0.419 e. The minimum absolute atomic E-state index is 0.229. The minimum Gasteiger partial charge on any atom is -0.310 e. The zero-order valence-corrected chi connectivity index (χ0v) is 11.3. The molecule has 0 atom stereocenters. The summed E-state index contributed by atoms with van der Waals surface area (Å²) < 4.78 is 38.7. The fraction of sp³-hybridized carbons (Fsp3) is 0.429. The molecule has 0 aliphatic heterocycles. The number of rotatable bonds is 5. The highest BCUT2D eigenvalue weighted by Gasteiger charge is 2.32. The number of pyridine rings is 1. The van der Waals surface area contributed by atoms with Gasteiger partial charge in [0.1, 0.15) is 0 Å². The summed E-state index contributed by atoms with van der Waals surface area (Å²) in [6.07, 6.45) is 1.67. The summed E-state index contributed by atoms with van der Waals surface area (Å²) in [6.45, 7) is 1.00. The van der Waals surface area contributed by atoms with Gasteiger partial charge >= 0.3 is 6.18 Å². The van der Waals surface area contributed by atoms with E-state index in [0.717, 1.165) is 24.5 Å². The quantitative estimate of drug-likeness (QED) is 0.922. The zero-order chi connectivity index (χ0) is 14.9. The lowest BCUT2D eigenvalue weighted by Crippen LogP contribution is -2.15. The van der Waals surface area contributed by atoms with Crippen molar-refractivity contribution in [3.63, 3.8) is 0 Å². The molecule has 1 fully saturated rings. The molecule has 2 aromatic rings. The maximum atomic E-state index is 12.5. The molecule has 1 saturated carbocycles. The highest BCUT2D eigenvalue weighted by atomic mass is 19.4. The molecule has 2 heterocycles. The van der Waals surface area contributed by atoms with Crippen LogP contribution in [0.25, 0.3) is 0 Å². The number of hydrogen-bond acceptors (Lipinski definition) is 3. The minimum atomic E-state index is -4.36. The van der Waals surface area contributed by atoms with Gasteiger partial charge in [-0.05, 0) is 24.5 Å². The molecule has 3 rings (SSSR count). The molecule has 112 valence electrons. The molecular formula is C14H15F3N4. The SMILES string of the molecule is FC(F)(F)c1cnn(Cc2ccc(CNC3CC3)cn2)c1. The van der Waals surface area contributed by atoms with Crippen LogP contribution in [0.15, 0.2) is 30.7 Å². The first kappa shape index (κ1) is 14.1. The van der Waals surface area contributed by atoms with E-state index in [4.69, 9.17) is 0 Å². The summed E-state index contributed by atoms with van der Waals surface area (Å²) in [7, 11) is 0. The molecule has 7 heteroatoms. The lowest BCUT2D eigenvalue weighted by molar-refractivity contribution is -0.137. The molecule has 0 saturated heterocycles. The standard InChI is InChI=1S/C14H15F3N4/c15-14(16,17)11-7-20-21(8-11)9-13-2-1-10(6-19-13)5-18-12-3-4-12/h1-2,6-8,12,18H,3-5,9H2. The molecule has 0 radical (unpaired) electrons. The number of halogens is 3. The molecule has 0 aromatic carbocycles. The molecule has 2 aromatic heterocycles. The van der Waals surface area contributed by atoms with Crippen LogP contribution < -0.4 is 5.32 Å². The van der Waals surface area contributed by atoms with Gasteiger partial charge in [0.15, 0.2) is 0 Å². The van der Waals surface area contributed by atoms with Crippen molar-refractivity contribution < 1.29 is 13.2 Å². The fourth-order valence-corrected chi connectivity index (χ4v) is 1.97. The van der Waals surface area contributed by atoms with Crippen molar-refractivity contribution in [2.24, 2.45) is 0 Å². The molecule has 1 N–H and O–H groups in total. The predicted molar refractivity (Wildman–Crippen MR) is 70.4 cm³/mol. The Bertz CT molecular complexity index is 599. The van der Waals surface area contributed by atoms with Crippen LogP contribution in [-0.4, -0.2) is 20.8 Å². The van der Waals surface area contributed by atoms with E-state index >= 15 is 0 Å². The van der Waals surface area contributed by atoms with Crippen LogP contribution in [0.4, 0.5) is 13.2 Å². The first-order valence-electron chi connectivity index (χ1n) is 6.77. The van der Waals surface area contributed by atoms with Crippen LogP contribution in [0.1, 0.15) is 29.7 Å². The maximum Gasteiger partial charge on any atom is 0.419 e. The maximum absolute atomic E-state index is 12.5. The van der Waals surface area contributed by atoms with Crippen LogP contribution in [0.3, 0.4) is 0 Å². The second-order valence-corrected chi connectivity index (χ2v) is 5.24. The summed E-state index contributed by atoms with van der Waals surface area (Å²) in [6, 6.07) is 4.39. The number of nitrogens with zero attached hydrogens (tertiary/aromatic N) is 3. The van der Waals surface area contributed by atoms with E-state index in [-0.39, 0.29) is 6.54 Å². The third-order valence-electron chi connectivity index (χ3n) is 3.34. The van der Waals surface area contributed by atoms with Gasteiger partial charge in [0.25, 0.3) is 0 Å². The van der Waals surface area contributed by atoms with Gasteiger partial charge in [-0.3, -0.25) is 9.67 Å². The first-order valence-corrected chi connectivity index (χ1v) is 6.77. The Balaban J connectivity index is 1.60. The zero-order valence-electron chi connectivity index (χ0n) is 11.3. The Labute approximate surface area is 120 Å². The van der Waals surface area contributed by atoms with Crippen molar-refractivity contribution >= 4 is 0 Å². The van der Waals surface area contributed by atoms with Crippen LogP contribution in [0, 0.1) is 0 Å². The summed E-state index contributed by atoms with van der Waals surface area (Å²) in [5.74, 6) is 0. The van der Waals surface area contributed by atoms with Crippen molar-refractivity contribution in [3.8, 4) is 0 Å². The highest BCUT2D eigenvalue weighted by Crippen LogP contribution is 2.28. The Morgan fingerprint density at radius 2 is 2.05 bits per heavy atom. The average molecular weight is 296 g/mol. The van der Waals surface area contributed by atoms with Crippen molar-refractivity contribution in [2.75, 3.05) is 0 Å². The lowest BCUT2D eigenvalue weighted by atomic mass is 10.2. The molecule has 0 spiro atoms. The smallest absolute Gasteiger partial charge is 0.310 e. The molecule has 0 amide bonds. The van der Waals surface area contributed by atoms with Crippen LogP contribution >= 0.6 is 0 Å². The van der Waals surface area contributed by atoms with Gasteiger partial charge < -0.3 is 5.32 Å². The molecule has 0 unspecified atom stereocenters. The number of aromatic nitrogens is 3.